The number of azo groups is 1. The molecule has 0 aliphatic rings. The summed E-state index contributed by atoms with van der Waals surface area (Å²) in [7, 11) is 0. The minimum absolute atomic E-state index is 0.0781. The molecule has 2 aromatic heterocycles. The first kappa shape index (κ1) is 24.2. The highest BCUT2D eigenvalue weighted by Gasteiger charge is 2.12. The second-order valence-electron chi connectivity index (χ2n) is 8.05. The third-order valence-electron chi connectivity index (χ3n) is 5.42. The van der Waals surface area contributed by atoms with E-state index in [9.17, 15) is 9.59 Å². The van der Waals surface area contributed by atoms with Gasteiger partial charge in [-0.1, -0.05) is 42.5 Å². The molecule has 0 saturated carbocycles. The SMILES string of the molecule is Cc1nc2ccccc2c(=O)n1/N=C(/N=Nc1ccc(C(=O)N/N=C/c2ccccc2)cc1)c1ccco1. The van der Waals surface area contributed by atoms with Crippen LogP contribution in [0, 0.1) is 6.92 Å². The van der Waals surface area contributed by atoms with Crippen LogP contribution in [-0.4, -0.2) is 27.6 Å². The maximum absolute atomic E-state index is 13.1. The summed E-state index contributed by atoms with van der Waals surface area (Å²) in [5.41, 5.74) is 4.48. The van der Waals surface area contributed by atoms with Crippen molar-refractivity contribution >= 4 is 34.5 Å². The number of para-hydroxylation sites is 1. The number of amidine groups is 1. The van der Waals surface area contributed by atoms with Crippen molar-refractivity contribution in [1.82, 2.24) is 15.1 Å². The van der Waals surface area contributed by atoms with Crippen LogP contribution in [0.3, 0.4) is 0 Å². The van der Waals surface area contributed by atoms with Gasteiger partial charge in [0.05, 0.1) is 29.1 Å². The number of amides is 1. The van der Waals surface area contributed by atoms with Gasteiger partial charge in [-0.3, -0.25) is 9.59 Å². The van der Waals surface area contributed by atoms with Crippen molar-refractivity contribution in [2.75, 3.05) is 0 Å². The standard InChI is InChI=1S/C28H21N7O3/c1-19-30-24-11-6-5-10-23(24)28(37)35(19)34-26(25-12-7-17-38-25)32-31-22-15-13-21(14-16-22)27(36)33-29-18-20-8-3-2-4-9-20/h2-18H,1H3,(H,33,36)/b29-18+,32-31?,34-26+. The van der Waals surface area contributed by atoms with Gasteiger partial charge in [0.15, 0.2) is 5.76 Å². The lowest BCUT2D eigenvalue weighted by atomic mass is 10.2. The van der Waals surface area contributed by atoms with E-state index in [0.717, 1.165) is 5.56 Å². The van der Waals surface area contributed by atoms with Crippen LogP contribution in [0.1, 0.15) is 27.5 Å². The number of furan rings is 1. The molecule has 0 bridgehead atoms. The summed E-state index contributed by atoms with van der Waals surface area (Å²) in [5, 5.41) is 17.2. The van der Waals surface area contributed by atoms with Gasteiger partial charge in [0, 0.05) is 5.56 Å². The number of hydrogen-bond acceptors (Lipinski definition) is 7. The monoisotopic (exact) mass is 503 g/mol. The third kappa shape index (κ3) is 5.49. The molecule has 38 heavy (non-hydrogen) atoms. The Hall–Kier alpha value is -5.51. The molecule has 5 rings (SSSR count). The Morgan fingerprint density at radius 1 is 0.947 bits per heavy atom. The Balaban J connectivity index is 1.37. The molecule has 186 valence electrons. The van der Waals surface area contributed by atoms with Gasteiger partial charge in [0.1, 0.15) is 5.82 Å². The zero-order valence-electron chi connectivity index (χ0n) is 20.2. The molecule has 1 amide bonds. The number of carbonyl (C=O) groups is 1. The Bertz CT molecular complexity index is 1720. The molecular formula is C28H21N7O3. The molecule has 10 heteroatoms. The number of nitrogens with one attached hydrogen (secondary N) is 1. The van der Waals surface area contributed by atoms with Crippen molar-refractivity contribution in [1.29, 1.82) is 0 Å². The lowest BCUT2D eigenvalue weighted by Gasteiger charge is -2.06. The van der Waals surface area contributed by atoms with Gasteiger partial charge < -0.3 is 4.42 Å². The fraction of sp³-hybridized carbons (Fsp3) is 0.0357. The van der Waals surface area contributed by atoms with Gasteiger partial charge >= 0.3 is 0 Å². The van der Waals surface area contributed by atoms with Crippen molar-refractivity contribution < 1.29 is 9.21 Å². The largest absolute Gasteiger partial charge is 0.461 e. The van der Waals surface area contributed by atoms with E-state index in [1.54, 1.807) is 67.7 Å². The zero-order valence-corrected chi connectivity index (χ0v) is 20.2. The highest BCUT2D eigenvalue weighted by atomic mass is 16.3. The molecule has 1 N–H and O–H groups in total. The second kappa shape index (κ2) is 11.0. The van der Waals surface area contributed by atoms with Crippen molar-refractivity contribution in [3.8, 4) is 0 Å². The summed E-state index contributed by atoms with van der Waals surface area (Å²) in [6.07, 6.45) is 3.04. The Morgan fingerprint density at radius 2 is 1.71 bits per heavy atom. The van der Waals surface area contributed by atoms with Gasteiger partial charge in [-0.25, -0.2) is 10.4 Å². The molecule has 0 saturated heterocycles. The highest BCUT2D eigenvalue weighted by Crippen LogP contribution is 2.16. The summed E-state index contributed by atoms with van der Waals surface area (Å²) in [5.74, 6) is 0.422. The van der Waals surface area contributed by atoms with Crippen LogP contribution in [0.4, 0.5) is 5.69 Å². The smallest absolute Gasteiger partial charge is 0.282 e. The average Bonchev–Trinajstić information content (AvgIpc) is 3.48. The topological polar surface area (TPSA) is 127 Å². The molecule has 0 fully saturated rings. The van der Waals surface area contributed by atoms with Crippen LogP contribution in [0.15, 0.2) is 127 Å². The summed E-state index contributed by atoms with van der Waals surface area (Å²) < 4.78 is 6.63. The van der Waals surface area contributed by atoms with E-state index in [4.69, 9.17) is 4.42 Å². The molecule has 0 atom stereocenters. The van der Waals surface area contributed by atoms with Crippen LogP contribution < -0.4 is 11.0 Å². The van der Waals surface area contributed by atoms with Crippen LogP contribution in [0.5, 0.6) is 0 Å². The second-order valence-corrected chi connectivity index (χ2v) is 8.05. The lowest BCUT2D eigenvalue weighted by Crippen LogP contribution is -2.21. The van der Waals surface area contributed by atoms with Gasteiger partial charge in [-0.15, -0.1) is 15.3 Å². The molecule has 5 aromatic rings. The maximum Gasteiger partial charge on any atom is 0.282 e. The van der Waals surface area contributed by atoms with Crippen molar-refractivity contribution in [2.45, 2.75) is 6.92 Å². The number of aryl methyl sites for hydroxylation is 1. The van der Waals surface area contributed by atoms with Crippen LogP contribution in [0.25, 0.3) is 10.9 Å². The molecule has 0 radical (unpaired) electrons. The van der Waals surface area contributed by atoms with Gasteiger partial charge in [0.25, 0.3) is 11.5 Å². The molecular weight excluding hydrogens is 482 g/mol. The van der Waals surface area contributed by atoms with E-state index in [2.05, 4.69) is 30.8 Å². The van der Waals surface area contributed by atoms with Crippen molar-refractivity contribution in [3.05, 3.63) is 130 Å². The highest BCUT2D eigenvalue weighted by molar-refractivity contribution is 5.97. The average molecular weight is 504 g/mol. The Labute approximate surface area is 216 Å². The van der Waals surface area contributed by atoms with Crippen LogP contribution in [0.2, 0.25) is 0 Å². The van der Waals surface area contributed by atoms with E-state index in [-0.39, 0.29) is 17.3 Å². The summed E-state index contributed by atoms with van der Waals surface area (Å²) >= 11 is 0. The van der Waals surface area contributed by atoms with E-state index in [0.29, 0.717) is 33.7 Å². The van der Waals surface area contributed by atoms with Crippen LogP contribution >= 0.6 is 0 Å². The van der Waals surface area contributed by atoms with Crippen molar-refractivity contribution in [3.63, 3.8) is 0 Å². The number of rotatable bonds is 6. The number of nitrogens with zero attached hydrogens (tertiary/aromatic N) is 6. The van der Waals surface area contributed by atoms with E-state index >= 15 is 0 Å². The Morgan fingerprint density at radius 3 is 2.47 bits per heavy atom. The first-order chi connectivity index (χ1) is 18.6. The van der Waals surface area contributed by atoms with E-state index in [1.165, 1.54) is 10.9 Å². The van der Waals surface area contributed by atoms with E-state index < -0.39 is 0 Å². The molecule has 10 nitrogen and oxygen atoms in total. The van der Waals surface area contributed by atoms with Gasteiger partial charge in [0.2, 0.25) is 5.84 Å². The number of benzene rings is 3. The predicted molar refractivity (Wildman–Crippen MR) is 144 cm³/mol. The lowest BCUT2D eigenvalue weighted by molar-refractivity contribution is 0.0955. The number of aromatic nitrogens is 2. The first-order valence-electron chi connectivity index (χ1n) is 11.6. The quantitative estimate of drug-likeness (QED) is 0.150. The predicted octanol–water partition coefficient (Wildman–Crippen LogP) is 5.06. The minimum Gasteiger partial charge on any atom is -0.461 e. The fourth-order valence-corrected chi connectivity index (χ4v) is 3.53. The maximum atomic E-state index is 13.1. The molecule has 3 aromatic carbocycles. The third-order valence-corrected chi connectivity index (χ3v) is 5.42. The van der Waals surface area contributed by atoms with E-state index in [1.807, 2.05) is 36.4 Å². The molecule has 0 aliphatic heterocycles. The summed E-state index contributed by atoms with van der Waals surface area (Å²) in [6, 6.07) is 26.3. The van der Waals surface area contributed by atoms with Gasteiger partial charge in [-0.2, -0.15) is 9.78 Å². The molecule has 0 aliphatic carbocycles. The summed E-state index contributed by atoms with van der Waals surface area (Å²) in [4.78, 5) is 29.9. The molecule has 2 heterocycles. The first-order valence-corrected chi connectivity index (χ1v) is 11.6. The van der Waals surface area contributed by atoms with Crippen molar-refractivity contribution in [2.24, 2.45) is 20.4 Å². The molecule has 0 spiro atoms. The number of fused-ring (bicyclic) bond motifs is 1. The normalized spacial score (nSPS) is 12.0. The minimum atomic E-state index is -0.364. The molecule has 0 unspecified atom stereocenters. The number of carbonyl (C=O) groups excluding carboxylic acids is 1. The number of hydrazone groups is 1. The van der Waals surface area contributed by atoms with Gasteiger partial charge in [-0.05, 0) is 61.0 Å². The summed E-state index contributed by atoms with van der Waals surface area (Å²) in [6.45, 7) is 1.68. The fourth-order valence-electron chi connectivity index (χ4n) is 3.53. The zero-order chi connectivity index (χ0) is 26.3. The Kier molecular flexibility index (Phi) is 7.03. The van der Waals surface area contributed by atoms with Crippen LogP contribution in [-0.2, 0) is 0 Å². The number of hydrogen-bond donors (Lipinski definition) is 1.